The van der Waals surface area contributed by atoms with E-state index in [1.54, 1.807) is 25.3 Å². The number of aromatic nitrogens is 3. The number of hydrogen-bond acceptors (Lipinski definition) is 8. The molecule has 194 valence electrons. The minimum absolute atomic E-state index is 0.106. The fourth-order valence-corrected chi connectivity index (χ4v) is 6.15. The second-order valence-electron chi connectivity index (χ2n) is 9.81. The minimum atomic E-state index is -3.43. The van der Waals surface area contributed by atoms with Gasteiger partial charge in [-0.05, 0) is 67.8 Å². The highest BCUT2D eigenvalue weighted by molar-refractivity contribution is 7.90. The minimum Gasteiger partial charge on any atom is -0.356 e. The molecule has 38 heavy (non-hydrogen) atoms. The third-order valence-corrected chi connectivity index (χ3v) is 8.34. The van der Waals surface area contributed by atoms with Crippen LogP contribution in [0.2, 0.25) is 0 Å². The van der Waals surface area contributed by atoms with Crippen LogP contribution in [0.15, 0.2) is 65.7 Å². The van der Waals surface area contributed by atoms with Gasteiger partial charge in [-0.1, -0.05) is 12.1 Å². The maximum atomic E-state index is 12.7. The summed E-state index contributed by atoms with van der Waals surface area (Å²) in [7, 11) is -3.43. The number of nitrogens with zero attached hydrogens (tertiary/aromatic N) is 4. The molecular formula is C28H27N5O4S. The van der Waals surface area contributed by atoms with Gasteiger partial charge in [0.05, 0.1) is 46.7 Å². The molecule has 1 N–H and O–H groups in total. The van der Waals surface area contributed by atoms with Gasteiger partial charge in [0.1, 0.15) is 12.0 Å². The summed E-state index contributed by atoms with van der Waals surface area (Å²) >= 11 is 0. The summed E-state index contributed by atoms with van der Waals surface area (Å²) in [6.45, 7) is 2.63. The quantitative estimate of drug-likeness (QED) is 0.403. The Kier molecular flexibility index (Phi) is 6.08. The van der Waals surface area contributed by atoms with E-state index in [0.29, 0.717) is 17.3 Å². The average molecular weight is 530 g/mol. The van der Waals surface area contributed by atoms with Crippen molar-refractivity contribution in [3.63, 3.8) is 0 Å². The molecule has 2 bridgehead atoms. The SMILES string of the molecule is Cc1ccc(C(=O)NCc2cc3nc(-c4cccc(N5C6CCC5OC6)n4)ccc3cn2)cc1S(C)(=O)=O. The standard InChI is InChI=1S/C28H27N5O4S/c1-17-6-7-18(12-25(17)38(2,35)36)28(34)30-15-20-13-24-19(14-29-20)8-10-23(31-24)22-4-3-5-26(32-22)33-21-9-11-27(33)37-16-21/h3-8,10,12-14,21,27H,9,11,15-16H2,1-2H3,(H,30,34). The zero-order valence-electron chi connectivity index (χ0n) is 21.1. The van der Waals surface area contributed by atoms with Crippen LogP contribution in [0.5, 0.6) is 0 Å². The summed E-state index contributed by atoms with van der Waals surface area (Å²) in [5.74, 6) is 0.530. The van der Waals surface area contributed by atoms with Gasteiger partial charge >= 0.3 is 0 Å². The number of pyridine rings is 3. The Balaban J connectivity index is 1.21. The molecule has 4 aromatic rings. The largest absolute Gasteiger partial charge is 0.356 e. The lowest BCUT2D eigenvalue weighted by Crippen LogP contribution is -2.29. The van der Waals surface area contributed by atoms with E-state index >= 15 is 0 Å². The molecule has 2 unspecified atom stereocenters. The summed E-state index contributed by atoms with van der Waals surface area (Å²) in [6, 6.07) is 16.7. The first kappa shape index (κ1) is 24.4. The molecule has 2 aliphatic rings. The second-order valence-corrected chi connectivity index (χ2v) is 11.8. The van der Waals surface area contributed by atoms with Crippen LogP contribution in [-0.2, 0) is 21.1 Å². The van der Waals surface area contributed by atoms with Crippen LogP contribution in [-0.4, -0.2) is 54.4 Å². The molecule has 1 amide bonds. The van der Waals surface area contributed by atoms with E-state index in [-0.39, 0.29) is 29.1 Å². The number of hydrogen-bond donors (Lipinski definition) is 1. The van der Waals surface area contributed by atoms with Crippen molar-refractivity contribution in [1.29, 1.82) is 0 Å². The topological polar surface area (TPSA) is 114 Å². The molecule has 2 fully saturated rings. The normalized spacial score (nSPS) is 18.7. The van der Waals surface area contributed by atoms with Crippen LogP contribution in [0.3, 0.4) is 0 Å². The summed E-state index contributed by atoms with van der Waals surface area (Å²) in [6.07, 6.45) is 5.12. The van der Waals surface area contributed by atoms with Crippen molar-refractivity contribution in [2.45, 2.75) is 43.5 Å². The molecule has 3 aromatic heterocycles. The number of amides is 1. The van der Waals surface area contributed by atoms with Crippen molar-refractivity contribution < 1.29 is 17.9 Å². The number of rotatable bonds is 6. The number of ether oxygens (including phenoxy) is 1. The van der Waals surface area contributed by atoms with Gasteiger partial charge in [0, 0.05) is 23.4 Å². The Bertz CT molecular complexity index is 1650. The van der Waals surface area contributed by atoms with Gasteiger partial charge in [-0.15, -0.1) is 0 Å². The molecule has 2 atom stereocenters. The van der Waals surface area contributed by atoms with Crippen molar-refractivity contribution in [2.24, 2.45) is 0 Å². The predicted molar refractivity (Wildman–Crippen MR) is 143 cm³/mol. The molecule has 0 aliphatic carbocycles. The maximum Gasteiger partial charge on any atom is 0.251 e. The molecule has 0 spiro atoms. The van der Waals surface area contributed by atoms with E-state index < -0.39 is 9.84 Å². The van der Waals surface area contributed by atoms with Crippen LogP contribution >= 0.6 is 0 Å². The molecule has 0 saturated carbocycles. The Hall–Kier alpha value is -3.89. The first-order valence-electron chi connectivity index (χ1n) is 12.5. The fourth-order valence-electron chi connectivity index (χ4n) is 5.15. The zero-order valence-corrected chi connectivity index (χ0v) is 21.9. The maximum absolute atomic E-state index is 12.7. The highest BCUT2D eigenvalue weighted by Crippen LogP contribution is 2.36. The zero-order chi connectivity index (χ0) is 26.4. The predicted octanol–water partition coefficient (Wildman–Crippen LogP) is 3.66. The Morgan fingerprint density at radius 3 is 2.66 bits per heavy atom. The first-order chi connectivity index (χ1) is 18.3. The second kappa shape index (κ2) is 9.45. The molecule has 6 rings (SSSR count). The third-order valence-electron chi connectivity index (χ3n) is 7.10. The smallest absolute Gasteiger partial charge is 0.251 e. The molecular weight excluding hydrogens is 502 g/mol. The number of carbonyl (C=O) groups is 1. The Morgan fingerprint density at radius 2 is 1.92 bits per heavy atom. The number of anilines is 1. The lowest BCUT2D eigenvalue weighted by Gasteiger charge is -2.21. The summed E-state index contributed by atoms with van der Waals surface area (Å²) in [4.78, 5) is 29.3. The van der Waals surface area contributed by atoms with Gasteiger partial charge in [-0.2, -0.15) is 0 Å². The number of fused-ring (bicyclic) bond motifs is 3. The average Bonchev–Trinajstić information content (AvgIpc) is 3.52. The van der Waals surface area contributed by atoms with Gasteiger partial charge in [-0.25, -0.2) is 18.4 Å². The molecule has 0 radical (unpaired) electrons. The van der Waals surface area contributed by atoms with Crippen LogP contribution < -0.4 is 10.2 Å². The van der Waals surface area contributed by atoms with Crippen molar-refractivity contribution in [1.82, 2.24) is 20.3 Å². The van der Waals surface area contributed by atoms with Crippen molar-refractivity contribution in [3.8, 4) is 11.4 Å². The van der Waals surface area contributed by atoms with Gasteiger partial charge in [0.2, 0.25) is 0 Å². The first-order valence-corrected chi connectivity index (χ1v) is 14.4. The Labute approximate surface area is 220 Å². The van der Waals surface area contributed by atoms with Crippen LogP contribution in [0.25, 0.3) is 22.3 Å². The monoisotopic (exact) mass is 529 g/mol. The molecule has 2 aliphatic heterocycles. The van der Waals surface area contributed by atoms with Gasteiger partial charge < -0.3 is 15.0 Å². The number of benzene rings is 1. The lowest BCUT2D eigenvalue weighted by atomic mass is 10.1. The molecule has 2 saturated heterocycles. The summed E-state index contributed by atoms with van der Waals surface area (Å²) in [5.41, 5.74) is 3.79. The van der Waals surface area contributed by atoms with Crippen LogP contribution in [0.4, 0.5) is 5.82 Å². The summed E-state index contributed by atoms with van der Waals surface area (Å²) < 4.78 is 29.9. The molecule has 9 nitrogen and oxygen atoms in total. The van der Waals surface area contributed by atoms with Crippen LogP contribution in [0, 0.1) is 6.92 Å². The fraction of sp³-hybridized carbons (Fsp3) is 0.286. The number of sulfone groups is 1. The molecule has 1 aromatic carbocycles. The van der Waals surface area contributed by atoms with Crippen LogP contribution in [0.1, 0.15) is 34.5 Å². The molecule has 5 heterocycles. The highest BCUT2D eigenvalue weighted by atomic mass is 32.2. The van der Waals surface area contributed by atoms with Crippen molar-refractivity contribution in [3.05, 3.63) is 77.6 Å². The van der Waals surface area contributed by atoms with Crippen molar-refractivity contribution in [2.75, 3.05) is 17.8 Å². The van der Waals surface area contributed by atoms with E-state index in [9.17, 15) is 13.2 Å². The van der Waals surface area contributed by atoms with E-state index in [4.69, 9.17) is 14.7 Å². The van der Waals surface area contributed by atoms with Gasteiger partial charge in [0.25, 0.3) is 5.91 Å². The Morgan fingerprint density at radius 1 is 1.08 bits per heavy atom. The number of aryl methyl sites for hydroxylation is 1. The van der Waals surface area contributed by atoms with Gasteiger partial charge in [0.15, 0.2) is 9.84 Å². The third kappa shape index (κ3) is 4.61. The molecule has 10 heteroatoms. The van der Waals surface area contributed by atoms with E-state index in [2.05, 4.69) is 15.2 Å². The lowest BCUT2D eigenvalue weighted by molar-refractivity contribution is 0.0858. The number of nitrogens with one attached hydrogen (secondary N) is 1. The van der Waals surface area contributed by atoms with E-state index in [1.165, 1.54) is 6.07 Å². The number of carbonyl (C=O) groups excluding carboxylic acids is 1. The van der Waals surface area contributed by atoms with E-state index in [0.717, 1.165) is 53.8 Å². The van der Waals surface area contributed by atoms with Crippen molar-refractivity contribution >= 4 is 32.5 Å². The van der Waals surface area contributed by atoms with E-state index in [1.807, 2.05) is 36.4 Å². The highest BCUT2D eigenvalue weighted by Gasteiger charge is 2.41. The summed E-state index contributed by atoms with van der Waals surface area (Å²) in [5, 5.41) is 3.70. The van der Waals surface area contributed by atoms with Gasteiger partial charge in [-0.3, -0.25) is 9.78 Å².